The van der Waals surface area contributed by atoms with E-state index in [2.05, 4.69) is 25.9 Å². The minimum absolute atomic E-state index is 0.0841. The van der Waals surface area contributed by atoms with E-state index in [0.29, 0.717) is 10.8 Å². The van der Waals surface area contributed by atoms with E-state index in [4.69, 9.17) is 22.1 Å². The Balaban J connectivity index is 2.10. The van der Waals surface area contributed by atoms with Crippen LogP contribution in [0.25, 0.3) is 0 Å². The van der Waals surface area contributed by atoms with Crippen molar-refractivity contribution >= 4 is 27.5 Å². The molecule has 0 radical (unpaired) electrons. The lowest BCUT2D eigenvalue weighted by atomic mass is 10.1. The van der Waals surface area contributed by atoms with Gasteiger partial charge >= 0.3 is 6.01 Å². The molecule has 0 saturated heterocycles. The van der Waals surface area contributed by atoms with Crippen LogP contribution in [0.15, 0.2) is 35.1 Å². The second kappa shape index (κ2) is 6.32. The van der Waals surface area contributed by atoms with Gasteiger partial charge in [0.05, 0.1) is 4.47 Å². The maximum absolute atomic E-state index is 5.86. The van der Waals surface area contributed by atoms with Gasteiger partial charge in [0.1, 0.15) is 5.75 Å². The van der Waals surface area contributed by atoms with E-state index >= 15 is 0 Å². The third-order valence-corrected chi connectivity index (χ3v) is 3.19. The van der Waals surface area contributed by atoms with E-state index in [9.17, 15) is 0 Å². The number of nitrogens with zero attached hydrogens (tertiary/aromatic N) is 2. The minimum atomic E-state index is 0.0841. The van der Waals surface area contributed by atoms with Crippen LogP contribution in [0.3, 0.4) is 0 Å². The zero-order valence-electron chi connectivity index (χ0n) is 10.3. The van der Waals surface area contributed by atoms with Gasteiger partial charge in [-0.25, -0.2) is 9.97 Å². The van der Waals surface area contributed by atoms with Crippen molar-refractivity contribution in [3.8, 4) is 11.8 Å². The first-order chi connectivity index (χ1) is 9.04. The summed E-state index contributed by atoms with van der Waals surface area (Å²) in [6, 6.07) is 5.62. The second-order valence-electron chi connectivity index (χ2n) is 4.23. The summed E-state index contributed by atoms with van der Waals surface area (Å²) in [4.78, 5) is 8.30. The van der Waals surface area contributed by atoms with E-state index < -0.39 is 0 Å². The van der Waals surface area contributed by atoms with Gasteiger partial charge in [-0.2, -0.15) is 0 Å². The van der Waals surface area contributed by atoms with Gasteiger partial charge < -0.3 is 10.5 Å². The summed E-state index contributed by atoms with van der Waals surface area (Å²) < 4.78 is 6.32. The largest absolute Gasteiger partial charge is 0.423 e. The maximum Gasteiger partial charge on any atom is 0.321 e. The molecular weight excluding hydrogens is 330 g/mol. The first kappa shape index (κ1) is 14.2. The van der Waals surface area contributed by atoms with Crippen molar-refractivity contribution in [2.24, 2.45) is 5.73 Å². The van der Waals surface area contributed by atoms with Gasteiger partial charge in [0, 0.05) is 23.5 Å². The highest BCUT2D eigenvalue weighted by molar-refractivity contribution is 9.10. The molecule has 0 spiro atoms. The first-order valence-corrected chi connectivity index (χ1v) is 6.91. The molecule has 1 unspecified atom stereocenters. The monoisotopic (exact) mass is 341 g/mol. The van der Waals surface area contributed by atoms with Gasteiger partial charge in [0.25, 0.3) is 0 Å². The Morgan fingerprint density at radius 3 is 2.63 bits per heavy atom. The molecule has 2 N–H and O–H groups in total. The number of ether oxygens (including phenoxy) is 1. The normalized spacial score (nSPS) is 12.2. The molecule has 1 aromatic carbocycles. The van der Waals surface area contributed by atoms with Crippen molar-refractivity contribution in [2.75, 3.05) is 0 Å². The van der Waals surface area contributed by atoms with Crippen LogP contribution in [0.2, 0.25) is 5.02 Å². The van der Waals surface area contributed by atoms with Crippen LogP contribution in [0.1, 0.15) is 12.5 Å². The van der Waals surface area contributed by atoms with Crippen LogP contribution in [-0.2, 0) is 6.42 Å². The molecule has 1 aromatic heterocycles. The van der Waals surface area contributed by atoms with Crippen molar-refractivity contribution in [1.82, 2.24) is 9.97 Å². The van der Waals surface area contributed by atoms with E-state index in [1.165, 1.54) is 0 Å². The average Bonchev–Trinajstić information content (AvgIpc) is 2.34. The molecule has 2 aromatic rings. The minimum Gasteiger partial charge on any atom is -0.423 e. The van der Waals surface area contributed by atoms with Crippen LogP contribution in [0, 0.1) is 0 Å². The highest BCUT2D eigenvalue weighted by atomic mass is 79.9. The topological polar surface area (TPSA) is 61.0 Å². The maximum atomic E-state index is 5.86. The fraction of sp³-hybridized carbons (Fsp3) is 0.231. The highest BCUT2D eigenvalue weighted by Crippen LogP contribution is 2.30. The number of nitrogens with two attached hydrogens (primary N) is 1. The molecule has 0 aliphatic carbocycles. The zero-order chi connectivity index (χ0) is 13.8. The van der Waals surface area contributed by atoms with Crippen LogP contribution >= 0.6 is 27.5 Å². The molecule has 0 aliphatic heterocycles. The Labute approximate surface area is 125 Å². The Morgan fingerprint density at radius 2 is 2.05 bits per heavy atom. The summed E-state index contributed by atoms with van der Waals surface area (Å²) in [5, 5.41) is 0.632. The third-order valence-electron chi connectivity index (χ3n) is 2.33. The predicted octanol–water partition coefficient (Wildman–Crippen LogP) is 3.57. The quantitative estimate of drug-likeness (QED) is 0.922. The van der Waals surface area contributed by atoms with Crippen molar-refractivity contribution in [3.63, 3.8) is 0 Å². The summed E-state index contributed by atoms with van der Waals surface area (Å²) in [5.74, 6) is 0.615. The van der Waals surface area contributed by atoms with E-state index in [1.54, 1.807) is 30.6 Å². The summed E-state index contributed by atoms with van der Waals surface area (Å²) in [5.41, 5.74) is 6.70. The average molecular weight is 343 g/mol. The summed E-state index contributed by atoms with van der Waals surface area (Å²) in [7, 11) is 0. The number of hydrogen-bond acceptors (Lipinski definition) is 4. The van der Waals surface area contributed by atoms with Crippen LogP contribution < -0.4 is 10.5 Å². The molecule has 4 nitrogen and oxygen atoms in total. The smallest absolute Gasteiger partial charge is 0.321 e. The van der Waals surface area contributed by atoms with Gasteiger partial charge in [-0.3, -0.25) is 0 Å². The van der Waals surface area contributed by atoms with Crippen molar-refractivity contribution < 1.29 is 4.74 Å². The molecule has 0 bridgehead atoms. The molecule has 0 saturated carbocycles. The van der Waals surface area contributed by atoms with Crippen LogP contribution in [0.4, 0.5) is 0 Å². The Bertz CT molecular complexity index is 560. The standard InChI is InChI=1S/C13H13BrClN3O/c1-8(16)4-9-6-17-13(18-7-9)19-12-3-2-10(15)5-11(12)14/h2-3,5-8H,4,16H2,1H3. The van der Waals surface area contributed by atoms with Gasteiger partial charge in [-0.15, -0.1) is 0 Å². The van der Waals surface area contributed by atoms with Gasteiger partial charge in [0.15, 0.2) is 0 Å². The number of halogens is 2. The lowest BCUT2D eigenvalue weighted by Gasteiger charge is -2.07. The summed E-state index contributed by atoms with van der Waals surface area (Å²) in [6.07, 6.45) is 4.18. The molecular formula is C13H13BrClN3O. The number of aromatic nitrogens is 2. The third kappa shape index (κ3) is 4.16. The van der Waals surface area contributed by atoms with Crippen molar-refractivity contribution in [2.45, 2.75) is 19.4 Å². The molecule has 0 aliphatic rings. The molecule has 0 amide bonds. The van der Waals surface area contributed by atoms with Crippen LogP contribution in [0.5, 0.6) is 11.8 Å². The predicted molar refractivity (Wildman–Crippen MR) is 78.6 cm³/mol. The SMILES string of the molecule is CC(N)Cc1cnc(Oc2ccc(Cl)cc2Br)nc1. The Morgan fingerprint density at radius 1 is 1.37 bits per heavy atom. The van der Waals surface area contributed by atoms with Gasteiger partial charge in [-0.05, 0) is 53.0 Å². The molecule has 1 heterocycles. The molecule has 100 valence electrons. The van der Waals surface area contributed by atoms with Crippen molar-refractivity contribution in [3.05, 3.63) is 45.7 Å². The number of hydrogen-bond donors (Lipinski definition) is 1. The second-order valence-corrected chi connectivity index (χ2v) is 5.52. The number of rotatable bonds is 4. The number of benzene rings is 1. The van der Waals surface area contributed by atoms with E-state index in [-0.39, 0.29) is 12.1 Å². The van der Waals surface area contributed by atoms with E-state index in [1.807, 2.05) is 6.92 Å². The molecule has 2 rings (SSSR count). The fourth-order valence-corrected chi connectivity index (χ4v) is 2.29. The van der Waals surface area contributed by atoms with Gasteiger partial charge in [-0.1, -0.05) is 11.6 Å². The lowest BCUT2D eigenvalue weighted by molar-refractivity contribution is 0.438. The molecule has 6 heteroatoms. The molecule has 19 heavy (non-hydrogen) atoms. The van der Waals surface area contributed by atoms with E-state index in [0.717, 1.165) is 16.5 Å². The van der Waals surface area contributed by atoms with Crippen LogP contribution in [-0.4, -0.2) is 16.0 Å². The Kier molecular flexibility index (Phi) is 4.74. The zero-order valence-corrected chi connectivity index (χ0v) is 12.6. The van der Waals surface area contributed by atoms with Gasteiger partial charge in [0.2, 0.25) is 0 Å². The Hall–Kier alpha value is -1.17. The molecule has 0 fully saturated rings. The first-order valence-electron chi connectivity index (χ1n) is 5.74. The lowest BCUT2D eigenvalue weighted by Crippen LogP contribution is -2.17. The molecule has 1 atom stereocenters. The summed E-state index contributed by atoms with van der Waals surface area (Å²) in [6.45, 7) is 1.94. The summed E-state index contributed by atoms with van der Waals surface area (Å²) >= 11 is 9.23. The highest BCUT2D eigenvalue weighted by Gasteiger charge is 2.06. The van der Waals surface area contributed by atoms with Crippen molar-refractivity contribution in [1.29, 1.82) is 0 Å². The fourth-order valence-electron chi connectivity index (χ4n) is 1.53.